The maximum absolute atomic E-state index is 12.4. The predicted octanol–water partition coefficient (Wildman–Crippen LogP) is 1.85. The van der Waals surface area contributed by atoms with Gasteiger partial charge in [-0.25, -0.2) is 0 Å². The van der Waals surface area contributed by atoms with Gasteiger partial charge in [-0.1, -0.05) is 6.07 Å². The molecule has 1 aliphatic rings. The summed E-state index contributed by atoms with van der Waals surface area (Å²) in [5.74, 6) is 2.58. The predicted molar refractivity (Wildman–Crippen MR) is 75.2 cm³/mol. The van der Waals surface area contributed by atoms with Crippen LogP contribution in [0.2, 0.25) is 0 Å². The molecule has 1 amide bonds. The fourth-order valence-electron chi connectivity index (χ4n) is 2.13. The molecular formula is C13H18N2O2S. The van der Waals surface area contributed by atoms with Crippen LogP contribution in [0.4, 0.5) is 5.69 Å². The number of hydrogen-bond donors (Lipinski definition) is 1. The van der Waals surface area contributed by atoms with E-state index in [1.165, 1.54) is 7.11 Å². The van der Waals surface area contributed by atoms with E-state index in [0.717, 1.165) is 17.9 Å². The number of nitrogen functional groups attached to an aromatic ring is 1. The van der Waals surface area contributed by atoms with Crippen molar-refractivity contribution in [3.05, 3.63) is 23.8 Å². The molecule has 1 aromatic carbocycles. The first-order valence-electron chi connectivity index (χ1n) is 5.92. The highest BCUT2D eigenvalue weighted by Gasteiger charge is 2.26. The number of nitrogens with two attached hydrogens (primary N) is 1. The lowest BCUT2D eigenvalue weighted by Gasteiger charge is -2.24. The number of benzene rings is 1. The zero-order valence-corrected chi connectivity index (χ0v) is 11.5. The lowest BCUT2D eigenvalue weighted by atomic mass is 10.1. The number of para-hydroxylation sites is 1. The van der Waals surface area contributed by atoms with Crippen molar-refractivity contribution in [1.29, 1.82) is 0 Å². The minimum absolute atomic E-state index is 0.0216. The van der Waals surface area contributed by atoms with Gasteiger partial charge in [0.2, 0.25) is 0 Å². The molecule has 0 aromatic heterocycles. The molecule has 5 heteroatoms. The molecule has 4 nitrogen and oxygen atoms in total. The Kier molecular flexibility index (Phi) is 4.01. The normalized spacial score (nSPS) is 18.7. The number of nitrogens with zero attached hydrogens (tertiary/aromatic N) is 1. The summed E-state index contributed by atoms with van der Waals surface area (Å²) in [6.45, 7) is 0. The minimum atomic E-state index is -0.0216. The molecule has 1 aromatic rings. The van der Waals surface area contributed by atoms with E-state index in [4.69, 9.17) is 10.5 Å². The van der Waals surface area contributed by atoms with Crippen molar-refractivity contribution >= 4 is 23.4 Å². The fourth-order valence-corrected chi connectivity index (χ4v) is 3.40. The van der Waals surface area contributed by atoms with Crippen molar-refractivity contribution in [2.45, 2.75) is 12.5 Å². The average molecular weight is 266 g/mol. The number of carbonyl (C=O) groups is 1. The standard InChI is InChI=1S/C13H18N2O2S/c1-15(9-6-7-18-8-9)13(16)10-4-3-5-11(14)12(10)17-2/h3-5,9H,6-8,14H2,1-2H3. The van der Waals surface area contributed by atoms with E-state index in [-0.39, 0.29) is 5.91 Å². The second-order valence-electron chi connectivity index (χ2n) is 4.36. The maximum Gasteiger partial charge on any atom is 0.257 e. The van der Waals surface area contributed by atoms with Gasteiger partial charge >= 0.3 is 0 Å². The highest BCUT2D eigenvalue weighted by atomic mass is 32.2. The van der Waals surface area contributed by atoms with Crippen LogP contribution in [0.5, 0.6) is 5.75 Å². The first-order valence-corrected chi connectivity index (χ1v) is 7.08. The van der Waals surface area contributed by atoms with E-state index in [1.807, 2.05) is 18.8 Å². The van der Waals surface area contributed by atoms with Crippen molar-refractivity contribution in [3.63, 3.8) is 0 Å². The molecule has 0 aliphatic carbocycles. The second-order valence-corrected chi connectivity index (χ2v) is 5.51. The van der Waals surface area contributed by atoms with Crippen LogP contribution in [-0.2, 0) is 0 Å². The van der Waals surface area contributed by atoms with Crippen LogP contribution in [0, 0.1) is 0 Å². The van der Waals surface area contributed by atoms with Crippen LogP contribution in [0.15, 0.2) is 18.2 Å². The number of anilines is 1. The van der Waals surface area contributed by atoms with Gasteiger partial charge in [0.1, 0.15) is 0 Å². The van der Waals surface area contributed by atoms with E-state index in [2.05, 4.69) is 0 Å². The topological polar surface area (TPSA) is 55.6 Å². The summed E-state index contributed by atoms with van der Waals surface area (Å²) in [6.07, 6.45) is 1.05. The molecule has 1 fully saturated rings. The Hall–Kier alpha value is -1.36. The summed E-state index contributed by atoms with van der Waals surface area (Å²) < 4.78 is 5.23. The Bertz CT molecular complexity index is 445. The molecule has 1 heterocycles. The minimum Gasteiger partial charge on any atom is -0.494 e. The van der Waals surface area contributed by atoms with Gasteiger partial charge in [0.05, 0.1) is 18.4 Å². The van der Waals surface area contributed by atoms with Crippen molar-refractivity contribution in [1.82, 2.24) is 4.90 Å². The Morgan fingerprint density at radius 2 is 2.33 bits per heavy atom. The number of thioether (sulfide) groups is 1. The summed E-state index contributed by atoms with van der Waals surface area (Å²) in [5, 5.41) is 0. The van der Waals surface area contributed by atoms with Crippen LogP contribution < -0.4 is 10.5 Å². The number of ether oxygens (including phenoxy) is 1. The molecule has 1 unspecified atom stereocenters. The third kappa shape index (κ3) is 2.41. The number of rotatable bonds is 3. The van der Waals surface area contributed by atoms with Gasteiger partial charge in [-0.2, -0.15) is 11.8 Å². The van der Waals surface area contributed by atoms with E-state index >= 15 is 0 Å². The lowest BCUT2D eigenvalue weighted by molar-refractivity contribution is 0.0744. The third-order valence-corrected chi connectivity index (χ3v) is 4.40. The molecule has 2 N–H and O–H groups in total. The number of methoxy groups -OCH3 is 1. The van der Waals surface area contributed by atoms with Gasteiger partial charge in [-0.15, -0.1) is 0 Å². The zero-order chi connectivity index (χ0) is 13.1. The summed E-state index contributed by atoms with van der Waals surface area (Å²) in [7, 11) is 3.38. The van der Waals surface area contributed by atoms with Crippen LogP contribution in [-0.4, -0.2) is 42.5 Å². The highest BCUT2D eigenvalue weighted by molar-refractivity contribution is 7.99. The first-order chi connectivity index (χ1) is 8.65. The summed E-state index contributed by atoms with van der Waals surface area (Å²) in [6, 6.07) is 5.59. The molecule has 0 bridgehead atoms. The van der Waals surface area contributed by atoms with E-state index in [1.54, 1.807) is 23.1 Å². The number of carbonyl (C=O) groups excluding carboxylic acids is 1. The Morgan fingerprint density at radius 1 is 1.56 bits per heavy atom. The smallest absolute Gasteiger partial charge is 0.257 e. The molecule has 2 rings (SSSR count). The van der Waals surface area contributed by atoms with E-state index in [9.17, 15) is 4.79 Å². The van der Waals surface area contributed by atoms with Crippen LogP contribution in [0.25, 0.3) is 0 Å². The quantitative estimate of drug-likeness (QED) is 0.848. The summed E-state index contributed by atoms with van der Waals surface area (Å²) in [4.78, 5) is 14.2. The van der Waals surface area contributed by atoms with Gasteiger partial charge in [-0.3, -0.25) is 4.79 Å². The molecule has 1 saturated heterocycles. The van der Waals surface area contributed by atoms with Gasteiger partial charge in [-0.05, 0) is 24.3 Å². The van der Waals surface area contributed by atoms with E-state index in [0.29, 0.717) is 23.0 Å². The van der Waals surface area contributed by atoms with Gasteiger partial charge in [0, 0.05) is 18.8 Å². The molecule has 0 radical (unpaired) electrons. The summed E-state index contributed by atoms with van der Waals surface area (Å²) >= 11 is 1.89. The number of hydrogen-bond acceptors (Lipinski definition) is 4. The zero-order valence-electron chi connectivity index (χ0n) is 10.7. The van der Waals surface area contributed by atoms with Crippen molar-refractivity contribution in [2.75, 3.05) is 31.4 Å². The van der Waals surface area contributed by atoms with Crippen LogP contribution >= 0.6 is 11.8 Å². The largest absolute Gasteiger partial charge is 0.494 e. The van der Waals surface area contributed by atoms with Crippen LogP contribution in [0.3, 0.4) is 0 Å². The Balaban J connectivity index is 2.25. The molecule has 0 saturated carbocycles. The van der Waals surface area contributed by atoms with E-state index < -0.39 is 0 Å². The molecule has 98 valence electrons. The molecule has 18 heavy (non-hydrogen) atoms. The lowest BCUT2D eigenvalue weighted by Crippen LogP contribution is -2.37. The van der Waals surface area contributed by atoms with Crippen molar-refractivity contribution < 1.29 is 9.53 Å². The van der Waals surface area contributed by atoms with Gasteiger partial charge in [0.25, 0.3) is 5.91 Å². The van der Waals surface area contributed by atoms with Crippen molar-refractivity contribution in [3.8, 4) is 5.75 Å². The molecule has 1 aliphatic heterocycles. The van der Waals surface area contributed by atoms with Crippen LogP contribution in [0.1, 0.15) is 16.8 Å². The monoisotopic (exact) mass is 266 g/mol. The highest BCUT2D eigenvalue weighted by Crippen LogP contribution is 2.29. The Morgan fingerprint density at radius 3 is 2.94 bits per heavy atom. The third-order valence-electron chi connectivity index (χ3n) is 3.25. The van der Waals surface area contributed by atoms with Gasteiger partial charge in [0.15, 0.2) is 5.75 Å². The first kappa shape index (κ1) is 13.1. The van der Waals surface area contributed by atoms with Crippen molar-refractivity contribution in [2.24, 2.45) is 0 Å². The SMILES string of the molecule is COc1c(N)cccc1C(=O)N(C)C1CCSC1. The second kappa shape index (κ2) is 5.52. The molecule has 0 spiro atoms. The fraction of sp³-hybridized carbons (Fsp3) is 0.462. The summed E-state index contributed by atoms with van der Waals surface area (Å²) in [5.41, 5.74) is 6.86. The molecule has 1 atom stereocenters. The number of amides is 1. The van der Waals surface area contributed by atoms with Gasteiger partial charge < -0.3 is 15.4 Å². The average Bonchev–Trinajstić information content (AvgIpc) is 2.90. The maximum atomic E-state index is 12.4. The molecular weight excluding hydrogens is 248 g/mol. The Labute approximate surface area is 111 Å².